The zero-order chi connectivity index (χ0) is 33.3. The molecule has 1 aliphatic heterocycles. The standard InChI is InChI=1S/C28H25NO.C9H8N2.C4H8O2/c1-4-18-8-5-6-9-20(18)25-16-27(30)17(2)19-12-13-22-21-10-7-11-26(29-3)23(21)14-15-24(22)28(19)25;1-2-4-9-8(3-1)7-10-5-6-11-9;1-3-6-4(2)5/h4-14,25,29H,1,15-16H2,2-3H3;1-7,11H;3H2,1-2H3. The molecule has 47 heavy (non-hydrogen) atoms. The number of ketones is 1. The summed E-state index contributed by atoms with van der Waals surface area (Å²) in [6.07, 6.45) is 11.0. The van der Waals surface area contributed by atoms with Crippen molar-refractivity contribution in [3.63, 3.8) is 0 Å². The molecule has 1 atom stereocenters. The number of carbonyl (C=O) groups excluding carboxylic acids is 2. The fourth-order valence-electron chi connectivity index (χ4n) is 6.41. The van der Waals surface area contributed by atoms with E-state index in [0.717, 1.165) is 39.7 Å². The Bertz CT molecular complexity index is 2110. The maximum Gasteiger partial charge on any atom is 0.302 e. The zero-order valence-electron chi connectivity index (χ0n) is 27.5. The lowest BCUT2D eigenvalue weighted by Crippen LogP contribution is -2.30. The number of anilines is 2. The third kappa shape index (κ3) is 7.17. The number of nitrogens with zero attached hydrogens (tertiary/aromatic N) is 1. The number of para-hydroxylation sites is 1. The lowest BCUT2D eigenvalue weighted by Gasteiger charge is -2.28. The minimum atomic E-state index is -0.211. The first-order chi connectivity index (χ1) is 22.9. The van der Waals surface area contributed by atoms with E-state index in [1.54, 1.807) is 13.1 Å². The fraction of sp³-hybridized carbons (Fsp3) is 0.195. The first-order valence-electron chi connectivity index (χ1n) is 15.9. The molecular weight excluding hydrogens is 582 g/mol. The van der Waals surface area contributed by atoms with Gasteiger partial charge in [0.1, 0.15) is 0 Å². The molecule has 6 heteroatoms. The fourth-order valence-corrected chi connectivity index (χ4v) is 6.41. The predicted molar refractivity (Wildman–Crippen MR) is 194 cm³/mol. The summed E-state index contributed by atoms with van der Waals surface area (Å²) in [6, 6.07) is 27.2. The molecule has 0 fully saturated rings. The highest BCUT2D eigenvalue weighted by Crippen LogP contribution is 2.36. The molecule has 0 radical (unpaired) electrons. The van der Waals surface area contributed by atoms with E-state index in [2.05, 4.69) is 81.5 Å². The molecule has 6 nitrogen and oxygen atoms in total. The lowest BCUT2D eigenvalue weighted by atomic mass is 9.75. The number of hydrogen-bond acceptors (Lipinski definition) is 6. The van der Waals surface area contributed by atoms with Gasteiger partial charge < -0.3 is 15.4 Å². The molecule has 0 aromatic heterocycles. The first-order valence-corrected chi connectivity index (χ1v) is 15.9. The van der Waals surface area contributed by atoms with Gasteiger partial charge in [-0.3, -0.25) is 14.6 Å². The highest BCUT2D eigenvalue weighted by molar-refractivity contribution is 6.15. The van der Waals surface area contributed by atoms with Crippen molar-refractivity contribution in [1.82, 2.24) is 0 Å². The van der Waals surface area contributed by atoms with Gasteiger partial charge in [-0.1, -0.05) is 85.5 Å². The van der Waals surface area contributed by atoms with Crippen LogP contribution in [0.25, 0.3) is 17.7 Å². The second-order valence-electron chi connectivity index (χ2n) is 11.4. The molecule has 0 saturated heterocycles. The van der Waals surface area contributed by atoms with Gasteiger partial charge >= 0.3 is 5.97 Å². The molecule has 1 unspecified atom stereocenters. The van der Waals surface area contributed by atoms with Crippen molar-refractivity contribution >= 4 is 47.1 Å². The topological polar surface area (TPSA) is 79.8 Å². The molecule has 238 valence electrons. The molecule has 0 spiro atoms. The van der Waals surface area contributed by atoms with Crippen molar-refractivity contribution in [1.29, 1.82) is 0 Å². The van der Waals surface area contributed by atoms with Crippen LogP contribution in [0, 0.1) is 10.4 Å². The van der Waals surface area contributed by atoms with Crippen molar-refractivity contribution < 1.29 is 14.3 Å². The largest absolute Gasteiger partial charge is 0.466 e. The SMILES string of the molecule is C1=CNc2ccccc2C=N1.C=Cc1ccccc1C1CC(=O)C(C)=c2ccc3c(c21)CC=c1c(NC)cccc1=3.CCOC(C)=O. The van der Waals surface area contributed by atoms with E-state index in [1.807, 2.05) is 62.8 Å². The molecule has 2 aliphatic carbocycles. The highest BCUT2D eigenvalue weighted by atomic mass is 16.5. The molecule has 0 bridgehead atoms. The van der Waals surface area contributed by atoms with Crippen molar-refractivity contribution in [3.05, 3.63) is 147 Å². The Labute approximate surface area is 276 Å². The summed E-state index contributed by atoms with van der Waals surface area (Å²) >= 11 is 0. The normalized spacial score (nSPS) is 14.9. The van der Waals surface area contributed by atoms with Crippen molar-refractivity contribution in [2.75, 3.05) is 24.3 Å². The van der Waals surface area contributed by atoms with Crippen LogP contribution in [0.4, 0.5) is 11.4 Å². The van der Waals surface area contributed by atoms with E-state index in [1.165, 1.54) is 39.3 Å². The van der Waals surface area contributed by atoms with Gasteiger partial charge in [0.2, 0.25) is 0 Å². The van der Waals surface area contributed by atoms with Gasteiger partial charge in [0, 0.05) is 67.1 Å². The van der Waals surface area contributed by atoms with Crippen LogP contribution in [0.2, 0.25) is 0 Å². The van der Waals surface area contributed by atoms with Crippen molar-refractivity contribution in [2.45, 2.75) is 39.5 Å². The van der Waals surface area contributed by atoms with Gasteiger partial charge in [0.15, 0.2) is 5.78 Å². The molecule has 0 amide bonds. The Morgan fingerprint density at radius 1 is 1.02 bits per heavy atom. The number of ether oxygens (including phenoxy) is 1. The van der Waals surface area contributed by atoms with Crippen molar-refractivity contribution in [2.24, 2.45) is 4.99 Å². The van der Waals surface area contributed by atoms with Crippen LogP contribution in [0.1, 0.15) is 60.9 Å². The second kappa shape index (κ2) is 15.2. The number of Topliss-reactive ketones (excluding diaryl/α,β-unsaturated/α-hetero) is 1. The lowest BCUT2D eigenvalue weighted by molar-refractivity contribution is -0.140. The molecule has 7 rings (SSSR count). The van der Waals surface area contributed by atoms with Crippen LogP contribution in [0.5, 0.6) is 0 Å². The molecule has 2 N–H and O–H groups in total. The summed E-state index contributed by atoms with van der Waals surface area (Å²) < 4.78 is 4.40. The Kier molecular flexibility index (Phi) is 10.6. The molecule has 4 aromatic carbocycles. The monoisotopic (exact) mass is 623 g/mol. The highest BCUT2D eigenvalue weighted by Gasteiger charge is 2.29. The average Bonchev–Trinajstić information content (AvgIpc) is 3.35. The van der Waals surface area contributed by atoms with E-state index >= 15 is 0 Å². The Morgan fingerprint density at radius 3 is 2.53 bits per heavy atom. The van der Waals surface area contributed by atoms with Crippen LogP contribution in [-0.2, 0) is 20.7 Å². The van der Waals surface area contributed by atoms with Gasteiger partial charge in [0.05, 0.1) is 6.61 Å². The van der Waals surface area contributed by atoms with E-state index in [9.17, 15) is 9.59 Å². The van der Waals surface area contributed by atoms with Crippen LogP contribution in [-0.4, -0.2) is 31.6 Å². The molecule has 0 saturated carbocycles. The number of aliphatic imine (C=N–C) groups is 1. The van der Waals surface area contributed by atoms with Gasteiger partial charge in [-0.2, -0.15) is 0 Å². The molecular formula is C41H41N3O3. The number of hydrogen-bond donors (Lipinski definition) is 2. The van der Waals surface area contributed by atoms with Gasteiger partial charge in [-0.15, -0.1) is 0 Å². The summed E-state index contributed by atoms with van der Waals surface area (Å²) in [5, 5.41) is 11.4. The van der Waals surface area contributed by atoms with Crippen LogP contribution in [0.3, 0.4) is 0 Å². The molecule has 3 aliphatic rings. The number of carbonyl (C=O) groups is 2. The summed E-state index contributed by atoms with van der Waals surface area (Å²) in [5.41, 5.74) is 9.23. The number of fused-ring (bicyclic) bond motifs is 5. The molecule has 4 aromatic rings. The third-order valence-electron chi connectivity index (χ3n) is 8.61. The van der Waals surface area contributed by atoms with Gasteiger partial charge in [0.25, 0.3) is 0 Å². The number of rotatable bonds is 4. The maximum atomic E-state index is 12.9. The Hall–Kier alpha value is -5.49. The van der Waals surface area contributed by atoms with Crippen LogP contribution >= 0.6 is 0 Å². The Balaban J connectivity index is 0.000000209. The van der Waals surface area contributed by atoms with E-state index in [0.29, 0.717) is 13.0 Å². The Morgan fingerprint density at radius 2 is 1.79 bits per heavy atom. The number of benzene rings is 4. The molecule has 1 heterocycles. The van der Waals surface area contributed by atoms with Crippen LogP contribution in [0.15, 0.2) is 103 Å². The smallest absolute Gasteiger partial charge is 0.302 e. The quantitative estimate of drug-likeness (QED) is 0.243. The summed E-state index contributed by atoms with van der Waals surface area (Å²) in [6.45, 7) is 9.64. The zero-order valence-corrected chi connectivity index (χ0v) is 27.5. The number of esters is 1. The van der Waals surface area contributed by atoms with E-state index in [-0.39, 0.29) is 17.7 Å². The second-order valence-corrected chi connectivity index (χ2v) is 11.4. The summed E-state index contributed by atoms with van der Waals surface area (Å²) in [7, 11) is 1.97. The summed E-state index contributed by atoms with van der Waals surface area (Å²) in [5.74, 6) is 0.0873. The first kappa shape index (κ1) is 32.9. The summed E-state index contributed by atoms with van der Waals surface area (Å²) in [4.78, 5) is 26.8. The predicted octanol–water partition coefficient (Wildman–Crippen LogP) is 6.84. The van der Waals surface area contributed by atoms with E-state index < -0.39 is 0 Å². The maximum absolute atomic E-state index is 12.9. The van der Waals surface area contributed by atoms with Crippen molar-refractivity contribution in [3.8, 4) is 0 Å². The number of nitrogens with one attached hydrogen (secondary N) is 2. The van der Waals surface area contributed by atoms with Gasteiger partial charge in [-0.25, -0.2) is 0 Å². The minimum Gasteiger partial charge on any atom is -0.466 e. The minimum absolute atomic E-state index is 0.0581. The van der Waals surface area contributed by atoms with Gasteiger partial charge in [-0.05, 0) is 75.9 Å². The van der Waals surface area contributed by atoms with E-state index in [4.69, 9.17) is 0 Å². The average molecular weight is 624 g/mol. The third-order valence-corrected chi connectivity index (χ3v) is 8.61. The van der Waals surface area contributed by atoms with Crippen LogP contribution < -0.4 is 21.1 Å².